The normalized spacial score (nSPS) is 14.3. The number of imide groups is 1. The minimum absolute atomic E-state index is 0.134. The largest absolute Gasteiger partial charge is 0.467 e. The average Bonchev–Trinajstić information content (AvgIpc) is 2.41. The van der Waals surface area contributed by atoms with Gasteiger partial charge in [0.2, 0.25) is 0 Å². The van der Waals surface area contributed by atoms with Crippen molar-refractivity contribution < 1.29 is 28.6 Å². The van der Waals surface area contributed by atoms with Crippen molar-refractivity contribution in [3.05, 3.63) is 0 Å². The van der Waals surface area contributed by atoms with E-state index in [0.717, 1.165) is 0 Å². The monoisotopic (exact) mass is 380 g/mol. The van der Waals surface area contributed by atoms with E-state index in [1.54, 1.807) is 48.5 Å². The van der Waals surface area contributed by atoms with Crippen LogP contribution in [0, 0.1) is 5.92 Å². The van der Waals surface area contributed by atoms with Gasteiger partial charge in [-0.3, -0.25) is 0 Å². The second-order valence-electron chi connectivity index (χ2n) is 7.86. The molecule has 0 unspecified atom stereocenters. The Morgan fingerprint density at radius 1 is 0.960 bits per heavy atom. The third-order valence-corrected chi connectivity index (χ3v) is 3.38. The first-order chi connectivity index (χ1) is 11.2. The highest BCUT2D eigenvalue weighted by Gasteiger charge is 2.41. The van der Waals surface area contributed by atoms with Crippen LogP contribution in [0.3, 0.4) is 0 Å². The molecule has 0 aliphatic rings. The molecule has 25 heavy (non-hydrogen) atoms. The van der Waals surface area contributed by atoms with E-state index in [1.807, 2.05) is 0 Å². The van der Waals surface area contributed by atoms with Crippen LogP contribution >= 0.6 is 11.6 Å². The van der Waals surface area contributed by atoms with Crippen molar-refractivity contribution in [2.75, 3.05) is 13.0 Å². The molecule has 146 valence electrons. The zero-order chi connectivity index (χ0) is 20.0. The minimum Gasteiger partial charge on any atom is -0.467 e. The van der Waals surface area contributed by atoms with Gasteiger partial charge in [-0.05, 0) is 53.9 Å². The Labute approximate surface area is 154 Å². The molecule has 7 nitrogen and oxygen atoms in total. The van der Waals surface area contributed by atoms with E-state index < -0.39 is 35.4 Å². The Hall–Kier alpha value is -1.50. The molecule has 0 aromatic rings. The van der Waals surface area contributed by atoms with Crippen LogP contribution < -0.4 is 0 Å². The lowest BCUT2D eigenvalue weighted by Gasteiger charge is -2.32. The molecule has 0 aliphatic carbocycles. The molecule has 0 radical (unpaired) electrons. The standard InChI is InChI=1S/C17H30ClNO6/c1-11(10-18)9-12(13(20)23-8)19(14(21)24-16(2,3)4)15(22)25-17(5,6)7/h11-12H,9-10H2,1-8H3/t11-,12-/m0/s1/i1+1. The smallest absolute Gasteiger partial charge is 0.420 e. The SMILES string of the molecule is COC(=O)[C@H](C[C@H]([13CH3])CCl)N(C(=O)OC(C)(C)C)C(=O)OC(C)(C)C. The van der Waals surface area contributed by atoms with Crippen molar-refractivity contribution in [3.63, 3.8) is 0 Å². The maximum atomic E-state index is 12.6. The van der Waals surface area contributed by atoms with Gasteiger partial charge in [0, 0.05) is 5.88 Å². The lowest BCUT2D eigenvalue weighted by Crippen LogP contribution is -2.52. The maximum absolute atomic E-state index is 12.6. The summed E-state index contributed by atoms with van der Waals surface area (Å²) in [7, 11) is 1.18. The third kappa shape index (κ3) is 8.95. The lowest BCUT2D eigenvalue weighted by molar-refractivity contribution is -0.147. The molecule has 0 heterocycles. The van der Waals surface area contributed by atoms with E-state index in [-0.39, 0.29) is 18.2 Å². The van der Waals surface area contributed by atoms with E-state index in [1.165, 1.54) is 7.11 Å². The maximum Gasteiger partial charge on any atom is 0.420 e. The van der Waals surface area contributed by atoms with Crippen LogP contribution in [0.4, 0.5) is 9.59 Å². The lowest BCUT2D eigenvalue weighted by atomic mass is 10.1. The van der Waals surface area contributed by atoms with Gasteiger partial charge in [0.1, 0.15) is 17.2 Å². The van der Waals surface area contributed by atoms with Crippen molar-refractivity contribution in [1.82, 2.24) is 4.90 Å². The van der Waals surface area contributed by atoms with Gasteiger partial charge in [-0.2, -0.15) is 4.90 Å². The Kier molecular flexibility index (Phi) is 8.71. The number of carbonyl (C=O) groups is 3. The number of rotatable bonds is 5. The zero-order valence-electron chi connectivity index (χ0n) is 16.3. The van der Waals surface area contributed by atoms with Crippen LogP contribution in [0.2, 0.25) is 0 Å². The van der Waals surface area contributed by atoms with Crippen LogP contribution in [-0.4, -0.2) is 53.3 Å². The van der Waals surface area contributed by atoms with Crippen molar-refractivity contribution in [1.29, 1.82) is 0 Å². The van der Waals surface area contributed by atoms with Crippen molar-refractivity contribution in [2.24, 2.45) is 5.92 Å². The van der Waals surface area contributed by atoms with Gasteiger partial charge in [-0.1, -0.05) is 6.92 Å². The molecular weight excluding hydrogens is 351 g/mol. The Morgan fingerprint density at radius 3 is 1.64 bits per heavy atom. The summed E-state index contributed by atoms with van der Waals surface area (Å²) < 4.78 is 15.3. The number of alkyl halides is 1. The second kappa shape index (κ2) is 9.27. The van der Waals surface area contributed by atoms with E-state index in [9.17, 15) is 14.4 Å². The van der Waals surface area contributed by atoms with E-state index in [4.69, 9.17) is 25.8 Å². The number of amides is 2. The molecule has 2 atom stereocenters. The summed E-state index contributed by atoms with van der Waals surface area (Å²) in [6.45, 7) is 11.8. The minimum atomic E-state index is -1.19. The molecule has 0 spiro atoms. The zero-order valence-corrected chi connectivity index (χ0v) is 17.1. The van der Waals surface area contributed by atoms with E-state index >= 15 is 0 Å². The molecule has 0 rings (SSSR count). The average molecular weight is 381 g/mol. The second-order valence-corrected chi connectivity index (χ2v) is 8.17. The molecule has 0 aliphatic heterocycles. The molecule has 0 bridgehead atoms. The molecule has 8 heteroatoms. The fourth-order valence-electron chi connectivity index (χ4n) is 1.84. The first-order valence-electron chi connectivity index (χ1n) is 8.10. The van der Waals surface area contributed by atoms with Crippen LogP contribution in [0.1, 0.15) is 54.9 Å². The van der Waals surface area contributed by atoms with Crippen molar-refractivity contribution in [3.8, 4) is 0 Å². The number of esters is 1. The van der Waals surface area contributed by atoms with Gasteiger partial charge < -0.3 is 14.2 Å². The third-order valence-electron chi connectivity index (χ3n) is 2.85. The quantitative estimate of drug-likeness (QED) is 0.310. The van der Waals surface area contributed by atoms with E-state index in [0.29, 0.717) is 4.90 Å². The molecule has 0 aromatic heterocycles. The first kappa shape index (κ1) is 23.5. The van der Waals surface area contributed by atoms with Crippen molar-refractivity contribution >= 4 is 29.8 Å². The van der Waals surface area contributed by atoms with Gasteiger partial charge >= 0.3 is 18.2 Å². The topological polar surface area (TPSA) is 82.1 Å². The summed E-state index contributed by atoms with van der Waals surface area (Å²) in [6.07, 6.45) is -1.81. The number of nitrogens with zero attached hydrogens (tertiary/aromatic N) is 1. The molecule has 0 saturated heterocycles. The van der Waals surface area contributed by atoms with Crippen LogP contribution in [-0.2, 0) is 19.0 Å². The molecular formula is C17H30ClNO6. The molecule has 0 N–H and O–H groups in total. The Balaban J connectivity index is 5.80. The molecule has 2 amide bonds. The summed E-state index contributed by atoms with van der Waals surface area (Å²) in [5.41, 5.74) is -1.70. The highest BCUT2D eigenvalue weighted by atomic mass is 35.5. The number of carbonyl (C=O) groups excluding carboxylic acids is 3. The molecule has 0 saturated carbocycles. The Morgan fingerprint density at radius 2 is 1.36 bits per heavy atom. The highest BCUT2D eigenvalue weighted by molar-refractivity contribution is 6.18. The molecule has 0 fully saturated rings. The van der Waals surface area contributed by atoms with Gasteiger partial charge in [-0.15, -0.1) is 11.6 Å². The van der Waals surface area contributed by atoms with Gasteiger partial charge in [0.15, 0.2) is 0 Å². The Bertz CT molecular complexity index is 453. The summed E-state index contributed by atoms with van der Waals surface area (Å²) in [6, 6.07) is -1.19. The van der Waals surface area contributed by atoms with Gasteiger partial charge in [-0.25, -0.2) is 14.4 Å². The van der Waals surface area contributed by atoms with Crippen molar-refractivity contribution in [2.45, 2.75) is 72.1 Å². The highest BCUT2D eigenvalue weighted by Crippen LogP contribution is 2.21. The summed E-state index contributed by atoms with van der Waals surface area (Å²) in [4.78, 5) is 38.1. The number of ether oxygens (including phenoxy) is 3. The molecule has 0 aromatic carbocycles. The van der Waals surface area contributed by atoms with Crippen LogP contribution in [0.15, 0.2) is 0 Å². The fourth-order valence-corrected chi connectivity index (χ4v) is 1.96. The number of halogens is 1. The first-order valence-corrected chi connectivity index (χ1v) is 8.64. The van der Waals surface area contributed by atoms with Crippen LogP contribution in [0.5, 0.6) is 0 Å². The summed E-state index contributed by atoms with van der Waals surface area (Å²) in [5, 5.41) is 0. The van der Waals surface area contributed by atoms with Gasteiger partial charge in [0.05, 0.1) is 7.11 Å². The number of hydrogen-bond acceptors (Lipinski definition) is 6. The van der Waals surface area contributed by atoms with Crippen LogP contribution in [0.25, 0.3) is 0 Å². The number of hydrogen-bond donors (Lipinski definition) is 0. The predicted molar refractivity (Wildman–Crippen MR) is 94.6 cm³/mol. The fraction of sp³-hybridized carbons (Fsp3) is 0.824. The summed E-state index contributed by atoms with van der Waals surface area (Å²) in [5.74, 6) is -0.629. The van der Waals surface area contributed by atoms with Gasteiger partial charge in [0.25, 0.3) is 0 Å². The number of methoxy groups -OCH3 is 1. The summed E-state index contributed by atoms with van der Waals surface area (Å²) >= 11 is 5.82. The van der Waals surface area contributed by atoms with E-state index in [2.05, 4.69) is 0 Å². The predicted octanol–water partition coefficient (Wildman–Crippen LogP) is 3.97.